The topological polar surface area (TPSA) is 46.3 Å². The van der Waals surface area contributed by atoms with Crippen LogP contribution in [0.15, 0.2) is 30.3 Å². The van der Waals surface area contributed by atoms with E-state index in [1.54, 1.807) is 0 Å². The van der Waals surface area contributed by atoms with Crippen molar-refractivity contribution in [1.29, 1.82) is 0 Å². The van der Waals surface area contributed by atoms with Crippen molar-refractivity contribution >= 4 is 5.91 Å². The predicted molar refractivity (Wildman–Crippen MR) is 87.0 cm³/mol. The fourth-order valence-electron chi connectivity index (χ4n) is 3.20. The van der Waals surface area contributed by atoms with Crippen LogP contribution in [0.4, 0.5) is 0 Å². The Balaban J connectivity index is 1.66. The third kappa shape index (κ3) is 5.16. The van der Waals surface area contributed by atoms with Gasteiger partial charge in [-0.2, -0.15) is 0 Å². The molecule has 3 heteroatoms. The number of aryl methyl sites for hydroxylation is 1. The molecule has 0 bridgehead atoms. The minimum absolute atomic E-state index is 0.160. The summed E-state index contributed by atoms with van der Waals surface area (Å²) >= 11 is 0. The first-order valence-corrected chi connectivity index (χ1v) is 8.21. The summed E-state index contributed by atoms with van der Waals surface area (Å²) in [5.74, 6) is 0.456. The molecule has 0 aromatic heterocycles. The van der Waals surface area contributed by atoms with Crippen LogP contribution >= 0.6 is 0 Å². The molecule has 0 heterocycles. The van der Waals surface area contributed by atoms with E-state index in [9.17, 15) is 4.79 Å². The number of benzene rings is 1. The van der Waals surface area contributed by atoms with Gasteiger partial charge in [-0.3, -0.25) is 4.79 Å². The number of amides is 1. The van der Waals surface area contributed by atoms with Gasteiger partial charge in [0.1, 0.15) is 0 Å². The highest BCUT2D eigenvalue weighted by atomic mass is 16.2. The van der Waals surface area contributed by atoms with Crippen LogP contribution in [-0.4, -0.2) is 30.4 Å². The molecule has 1 aromatic rings. The number of hydrogen-bond acceptors (Lipinski definition) is 2. The van der Waals surface area contributed by atoms with Crippen LogP contribution in [0.3, 0.4) is 0 Å². The third-order valence-electron chi connectivity index (χ3n) is 4.49. The lowest BCUT2D eigenvalue weighted by atomic mass is 9.85. The maximum absolute atomic E-state index is 12.4. The maximum Gasteiger partial charge on any atom is 0.225 e. The second-order valence-electron chi connectivity index (χ2n) is 6.33. The van der Waals surface area contributed by atoms with Gasteiger partial charge in [0.05, 0.1) is 0 Å². The molecule has 2 unspecified atom stereocenters. The minimum Gasteiger partial charge on any atom is -0.346 e. The summed E-state index contributed by atoms with van der Waals surface area (Å²) in [4.78, 5) is 14.3. The van der Waals surface area contributed by atoms with Gasteiger partial charge in [-0.05, 0) is 44.1 Å². The number of hydrogen-bond donors (Lipinski definition) is 1. The largest absolute Gasteiger partial charge is 0.346 e. The zero-order chi connectivity index (χ0) is 15.1. The second kappa shape index (κ2) is 8.18. The van der Waals surface area contributed by atoms with Gasteiger partial charge >= 0.3 is 0 Å². The van der Waals surface area contributed by atoms with Crippen molar-refractivity contribution in [2.75, 3.05) is 13.6 Å². The smallest absolute Gasteiger partial charge is 0.225 e. The molecule has 2 atom stereocenters. The monoisotopic (exact) mass is 288 g/mol. The van der Waals surface area contributed by atoms with E-state index in [1.165, 1.54) is 5.56 Å². The molecular weight excluding hydrogens is 260 g/mol. The molecule has 2 rings (SSSR count). The minimum atomic E-state index is 0.160. The lowest BCUT2D eigenvalue weighted by Gasteiger charge is -2.29. The Labute approximate surface area is 128 Å². The maximum atomic E-state index is 12.4. The van der Waals surface area contributed by atoms with Gasteiger partial charge in [-0.1, -0.05) is 36.8 Å². The van der Waals surface area contributed by atoms with Gasteiger partial charge < -0.3 is 10.6 Å². The first-order valence-electron chi connectivity index (χ1n) is 8.21. The van der Waals surface area contributed by atoms with Crippen LogP contribution in [0.25, 0.3) is 0 Å². The predicted octanol–water partition coefficient (Wildman–Crippen LogP) is 2.99. The van der Waals surface area contributed by atoms with Crippen LogP contribution in [0.5, 0.6) is 0 Å². The number of unbranched alkanes of at least 4 members (excludes halogenated alkanes) is 1. The van der Waals surface area contributed by atoms with E-state index in [0.717, 1.165) is 51.5 Å². The van der Waals surface area contributed by atoms with Gasteiger partial charge in [0.25, 0.3) is 0 Å². The van der Waals surface area contributed by atoms with Crippen molar-refractivity contribution in [3.63, 3.8) is 0 Å². The number of carbonyl (C=O) groups is 1. The molecule has 0 spiro atoms. The second-order valence-corrected chi connectivity index (χ2v) is 6.33. The number of rotatable bonds is 6. The van der Waals surface area contributed by atoms with E-state index in [-0.39, 0.29) is 12.0 Å². The van der Waals surface area contributed by atoms with Crippen molar-refractivity contribution in [3.8, 4) is 0 Å². The molecule has 1 amide bonds. The third-order valence-corrected chi connectivity index (χ3v) is 4.49. The van der Waals surface area contributed by atoms with Crippen molar-refractivity contribution in [2.24, 2.45) is 11.7 Å². The van der Waals surface area contributed by atoms with Crippen molar-refractivity contribution in [3.05, 3.63) is 35.9 Å². The fraction of sp³-hybridized carbons (Fsp3) is 0.611. The van der Waals surface area contributed by atoms with Crippen molar-refractivity contribution in [1.82, 2.24) is 4.90 Å². The molecule has 1 saturated carbocycles. The molecule has 116 valence electrons. The summed E-state index contributed by atoms with van der Waals surface area (Å²) < 4.78 is 0. The van der Waals surface area contributed by atoms with Gasteiger partial charge in [-0.15, -0.1) is 0 Å². The SMILES string of the molecule is CN(CCCCc1ccccc1)C(=O)C1CCCC(N)C1. The highest BCUT2D eigenvalue weighted by molar-refractivity contribution is 5.78. The van der Waals surface area contributed by atoms with Gasteiger partial charge in [0, 0.05) is 25.6 Å². The Kier molecular flexibility index (Phi) is 6.24. The summed E-state index contributed by atoms with van der Waals surface area (Å²) in [6, 6.07) is 10.8. The Hall–Kier alpha value is -1.35. The first kappa shape index (κ1) is 16.0. The Morgan fingerprint density at radius 3 is 2.71 bits per heavy atom. The van der Waals surface area contributed by atoms with E-state index in [4.69, 9.17) is 5.73 Å². The lowest BCUT2D eigenvalue weighted by molar-refractivity contribution is -0.135. The highest BCUT2D eigenvalue weighted by Gasteiger charge is 2.27. The van der Waals surface area contributed by atoms with E-state index in [1.807, 2.05) is 18.0 Å². The molecule has 1 fully saturated rings. The van der Waals surface area contributed by atoms with Gasteiger partial charge in [-0.25, -0.2) is 0 Å². The molecule has 3 nitrogen and oxygen atoms in total. The van der Waals surface area contributed by atoms with Crippen molar-refractivity contribution < 1.29 is 4.79 Å². The van der Waals surface area contributed by atoms with Crippen LogP contribution in [0.1, 0.15) is 44.1 Å². The Morgan fingerprint density at radius 1 is 1.24 bits per heavy atom. The van der Waals surface area contributed by atoms with Gasteiger partial charge in [0.15, 0.2) is 0 Å². The van der Waals surface area contributed by atoms with Crippen LogP contribution in [-0.2, 0) is 11.2 Å². The summed E-state index contributed by atoms with van der Waals surface area (Å²) in [6.07, 6.45) is 7.34. The molecular formula is C18H28N2O. The standard InChI is InChI=1S/C18H28N2O/c1-20(18(21)16-11-7-12-17(19)14-16)13-6-5-10-15-8-3-2-4-9-15/h2-4,8-9,16-17H,5-7,10-14,19H2,1H3. The zero-order valence-corrected chi connectivity index (χ0v) is 13.1. The van der Waals surface area contributed by atoms with E-state index in [0.29, 0.717) is 5.91 Å². The Bertz CT molecular complexity index is 432. The van der Waals surface area contributed by atoms with Crippen LogP contribution in [0.2, 0.25) is 0 Å². The van der Waals surface area contributed by atoms with Crippen molar-refractivity contribution in [2.45, 2.75) is 51.0 Å². The quantitative estimate of drug-likeness (QED) is 0.818. The highest BCUT2D eigenvalue weighted by Crippen LogP contribution is 2.24. The van der Waals surface area contributed by atoms with Crippen LogP contribution < -0.4 is 5.73 Å². The number of nitrogens with two attached hydrogens (primary N) is 1. The normalized spacial score (nSPS) is 22.0. The molecule has 2 N–H and O–H groups in total. The van der Waals surface area contributed by atoms with Crippen LogP contribution in [0, 0.1) is 5.92 Å². The Morgan fingerprint density at radius 2 is 2.00 bits per heavy atom. The molecule has 1 aliphatic carbocycles. The molecule has 0 saturated heterocycles. The summed E-state index contributed by atoms with van der Waals surface area (Å²) in [5.41, 5.74) is 7.36. The van der Waals surface area contributed by atoms with E-state index < -0.39 is 0 Å². The molecule has 1 aromatic carbocycles. The molecule has 1 aliphatic rings. The number of nitrogens with zero attached hydrogens (tertiary/aromatic N) is 1. The van der Waals surface area contributed by atoms with Gasteiger partial charge in [0.2, 0.25) is 5.91 Å². The first-order chi connectivity index (χ1) is 10.2. The molecule has 21 heavy (non-hydrogen) atoms. The summed E-state index contributed by atoms with van der Waals surface area (Å²) in [6.45, 7) is 0.859. The van der Waals surface area contributed by atoms with E-state index in [2.05, 4.69) is 24.3 Å². The molecule has 0 aliphatic heterocycles. The summed E-state index contributed by atoms with van der Waals surface area (Å²) in [5, 5.41) is 0. The lowest BCUT2D eigenvalue weighted by Crippen LogP contribution is -2.39. The average molecular weight is 288 g/mol. The molecule has 0 radical (unpaired) electrons. The van der Waals surface area contributed by atoms with E-state index >= 15 is 0 Å². The summed E-state index contributed by atoms with van der Waals surface area (Å²) in [7, 11) is 1.94. The number of carbonyl (C=O) groups excluding carboxylic acids is 1. The average Bonchev–Trinajstić information content (AvgIpc) is 2.51. The fourth-order valence-corrected chi connectivity index (χ4v) is 3.20. The zero-order valence-electron chi connectivity index (χ0n) is 13.1.